The molecular weight excluding hydrogens is 418 g/mol. The Bertz CT molecular complexity index is 1380. The number of hydrogen-bond donors (Lipinski definition) is 0. The molecule has 0 radical (unpaired) electrons. The fourth-order valence-corrected chi connectivity index (χ4v) is 5.07. The van der Waals surface area contributed by atoms with Gasteiger partial charge in [-0.15, -0.1) is 0 Å². The van der Waals surface area contributed by atoms with Gasteiger partial charge in [0.1, 0.15) is 0 Å². The SMILES string of the molecule is Cc1ccccc1-n1c(SCC(=O)N2CCc3ccccc3C2)nc2ccccc2c1=O. The van der Waals surface area contributed by atoms with Gasteiger partial charge in [-0.3, -0.25) is 14.2 Å². The zero-order valence-electron chi connectivity index (χ0n) is 17.8. The van der Waals surface area contributed by atoms with Crippen LogP contribution in [0.2, 0.25) is 0 Å². The lowest BCUT2D eigenvalue weighted by atomic mass is 10.00. The summed E-state index contributed by atoms with van der Waals surface area (Å²) in [4.78, 5) is 33.1. The first-order chi connectivity index (χ1) is 15.6. The molecule has 0 saturated carbocycles. The van der Waals surface area contributed by atoms with Crippen LogP contribution in [0.25, 0.3) is 16.6 Å². The summed E-state index contributed by atoms with van der Waals surface area (Å²) < 4.78 is 1.64. The molecule has 1 aliphatic rings. The summed E-state index contributed by atoms with van der Waals surface area (Å²) in [6.45, 7) is 3.32. The Kier molecular flexibility index (Phi) is 5.53. The minimum absolute atomic E-state index is 0.0586. The number of benzene rings is 3. The molecule has 0 aliphatic carbocycles. The third-order valence-corrected chi connectivity index (χ3v) is 6.83. The molecule has 0 fully saturated rings. The number of para-hydroxylation sites is 2. The number of rotatable bonds is 4. The summed E-state index contributed by atoms with van der Waals surface area (Å²) >= 11 is 1.32. The van der Waals surface area contributed by atoms with Gasteiger partial charge in [0.25, 0.3) is 5.56 Å². The number of aryl methyl sites for hydroxylation is 1. The zero-order valence-corrected chi connectivity index (χ0v) is 18.6. The lowest BCUT2D eigenvalue weighted by molar-refractivity contribution is -0.129. The summed E-state index contributed by atoms with van der Waals surface area (Å²) in [7, 11) is 0. The van der Waals surface area contributed by atoms with Crippen molar-refractivity contribution in [1.82, 2.24) is 14.5 Å². The summed E-state index contributed by atoms with van der Waals surface area (Å²) in [6, 6.07) is 23.4. The Morgan fingerprint density at radius 1 is 0.969 bits per heavy atom. The molecule has 0 N–H and O–H groups in total. The highest BCUT2D eigenvalue weighted by Gasteiger charge is 2.22. The lowest BCUT2D eigenvalue weighted by Crippen LogP contribution is -2.37. The van der Waals surface area contributed by atoms with Gasteiger partial charge in [0.2, 0.25) is 5.91 Å². The van der Waals surface area contributed by atoms with Crippen LogP contribution in [0.15, 0.2) is 82.7 Å². The number of carbonyl (C=O) groups excluding carboxylic acids is 1. The average Bonchev–Trinajstić information content (AvgIpc) is 2.83. The number of carbonyl (C=O) groups is 1. The van der Waals surface area contributed by atoms with Crippen LogP contribution < -0.4 is 5.56 Å². The van der Waals surface area contributed by atoms with Gasteiger partial charge in [-0.1, -0.05) is 66.4 Å². The monoisotopic (exact) mass is 441 g/mol. The van der Waals surface area contributed by atoms with E-state index in [4.69, 9.17) is 4.98 Å². The molecule has 0 bridgehead atoms. The largest absolute Gasteiger partial charge is 0.337 e. The van der Waals surface area contributed by atoms with Crippen molar-refractivity contribution in [3.05, 3.63) is 99.8 Å². The smallest absolute Gasteiger partial charge is 0.266 e. The van der Waals surface area contributed by atoms with Crippen molar-refractivity contribution in [3.63, 3.8) is 0 Å². The van der Waals surface area contributed by atoms with E-state index in [1.165, 1.54) is 22.9 Å². The number of hydrogen-bond acceptors (Lipinski definition) is 4. The number of fused-ring (bicyclic) bond motifs is 2. The van der Waals surface area contributed by atoms with Gasteiger partial charge in [-0.05, 0) is 48.2 Å². The zero-order chi connectivity index (χ0) is 22.1. The molecule has 0 unspecified atom stereocenters. The Hall–Kier alpha value is -3.38. The van der Waals surface area contributed by atoms with Crippen molar-refractivity contribution < 1.29 is 4.79 Å². The van der Waals surface area contributed by atoms with Crippen LogP contribution in [0, 0.1) is 6.92 Å². The summed E-state index contributed by atoms with van der Waals surface area (Å²) in [6.07, 6.45) is 0.870. The Morgan fingerprint density at radius 3 is 2.53 bits per heavy atom. The number of thioether (sulfide) groups is 1. The molecular formula is C26H23N3O2S. The molecule has 4 aromatic rings. The van der Waals surface area contributed by atoms with Gasteiger partial charge < -0.3 is 4.90 Å². The molecule has 1 aliphatic heterocycles. The molecule has 2 heterocycles. The molecule has 0 saturated heterocycles. The van der Waals surface area contributed by atoms with E-state index in [1.54, 1.807) is 10.6 Å². The average molecular weight is 442 g/mol. The second-order valence-electron chi connectivity index (χ2n) is 7.96. The molecule has 160 valence electrons. The molecule has 5 nitrogen and oxygen atoms in total. The second kappa shape index (κ2) is 8.63. The standard InChI is InChI=1S/C26H23N3O2S/c1-18-8-2-7-13-23(18)29-25(31)21-11-5-6-12-22(21)27-26(29)32-17-24(30)28-15-14-19-9-3-4-10-20(19)16-28/h2-13H,14-17H2,1H3. The van der Waals surface area contributed by atoms with E-state index in [2.05, 4.69) is 12.1 Å². The topological polar surface area (TPSA) is 55.2 Å². The Balaban J connectivity index is 1.46. The van der Waals surface area contributed by atoms with Gasteiger partial charge in [-0.2, -0.15) is 0 Å². The molecule has 32 heavy (non-hydrogen) atoms. The second-order valence-corrected chi connectivity index (χ2v) is 8.90. The third kappa shape index (κ3) is 3.82. The highest BCUT2D eigenvalue weighted by atomic mass is 32.2. The van der Waals surface area contributed by atoms with Gasteiger partial charge >= 0.3 is 0 Å². The number of nitrogens with zero attached hydrogens (tertiary/aromatic N) is 3. The maximum Gasteiger partial charge on any atom is 0.266 e. The fraction of sp³-hybridized carbons (Fsp3) is 0.192. The van der Waals surface area contributed by atoms with Crippen LogP contribution in [0.4, 0.5) is 0 Å². The van der Waals surface area contributed by atoms with E-state index in [0.717, 1.165) is 17.7 Å². The first-order valence-corrected chi connectivity index (χ1v) is 11.7. The molecule has 1 aromatic heterocycles. The lowest BCUT2D eigenvalue weighted by Gasteiger charge is -2.28. The van der Waals surface area contributed by atoms with E-state index in [1.807, 2.05) is 66.4 Å². The minimum Gasteiger partial charge on any atom is -0.337 e. The molecule has 1 amide bonds. The van der Waals surface area contributed by atoms with E-state index >= 15 is 0 Å². The van der Waals surface area contributed by atoms with Crippen molar-refractivity contribution in [2.24, 2.45) is 0 Å². The summed E-state index contributed by atoms with van der Waals surface area (Å²) in [5.41, 5.74) is 4.81. The van der Waals surface area contributed by atoms with Crippen molar-refractivity contribution in [2.45, 2.75) is 25.0 Å². The summed E-state index contributed by atoms with van der Waals surface area (Å²) in [5, 5.41) is 1.10. The first kappa shape index (κ1) is 20.5. The third-order valence-electron chi connectivity index (χ3n) is 5.91. The fourth-order valence-electron chi connectivity index (χ4n) is 4.16. The predicted molar refractivity (Wildman–Crippen MR) is 128 cm³/mol. The summed E-state index contributed by atoms with van der Waals surface area (Å²) in [5.74, 6) is 0.294. The van der Waals surface area contributed by atoms with Crippen LogP contribution in [-0.2, 0) is 17.8 Å². The van der Waals surface area contributed by atoms with E-state index in [9.17, 15) is 9.59 Å². The van der Waals surface area contributed by atoms with Crippen molar-refractivity contribution in [3.8, 4) is 5.69 Å². The molecule has 6 heteroatoms. The normalized spacial score (nSPS) is 13.2. The van der Waals surface area contributed by atoms with Crippen LogP contribution in [-0.4, -0.2) is 32.7 Å². The van der Waals surface area contributed by atoms with Crippen molar-refractivity contribution in [1.29, 1.82) is 0 Å². The number of amides is 1. The van der Waals surface area contributed by atoms with E-state index < -0.39 is 0 Å². The highest BCUT2D eigenvalue weighted by molar-refractivity contribution is 7.99. The van der Waals surface area contributed by atoms with Crippen LogP contribution in [0.1, 0.15) is 16.7 Å². The van der Waals surface area contributed by atoms with Crippen LogP contribution >= 0.6 is 11.8 Å². The Morgan fingerprint density at radius 2 is 1.69 bits per heavy atom. The van der Waals surface area contributed by atoms with Crippen LogP contribution in [0.3, 0.4) is 0 Å². The van der Waals surface area contributed by atoms with Gasteiger partial charge in [0.15, 0.2) is 5.16 Å². The molecule has 0 spiro atoms. The van der Waals surface area contributed by atoms with Crippen molar-refractivity contribution in [2.75, 3.05) is 12.3 Å². The van der Waals surface area contributed by atoms with Gasteiger partial charge in [0, 0.05) is 13.1 Å². The van der Waals surface area contributed by atoms with E-state index in [-0.39, 0.29) is 17.2 Å². The minimum atomic E-state index is -0.119. The van der Waals surface area contributed by atoms with Gasteiger partial charge in [0.05, 0.1) is 22.3 Å². The number of aromatic nitrogens is 2. The maximum absolute atomic E-state index is 13.4. The quantitative estimate of drug-likeness (QED) is 0.349. The van der Waals surface area contributed by atoms with Gasteiger partial charge in [-0.25, -0.2) is 4.98 Å². The van der Waals surface area contributed by atoms with E-state index in [0.29, 0.717) is 29.1 Å². The predicted octanol–water partition coefficient (Wildman–Crippen LogP) is 4.37. The molecule has 5 rings (SSSR count). The highest BCUT2D eigenvalue weighted by Crippen LogP contribution is 2.25. The van der Waals surface area contributed by atoms with Crippen LogP contribution in [0.5, 0.6) is 0 Å². The maximum atomic E-state index is 13.4. The first-order valence-electron chi connectivity index (χ1n) is 10.7. The Labute approximate surface area is 190 Å². The van der Waals surface area contributed by atoms with Crippen molar-refractivity contribution >= 4 is 28.6 Å². The molecule has 3 aromatic carbocycles. The molecule has 0 atom stereocenters.